The number of aromatic nitrogens is 1. The van der Waals surface area contributed by atoms with Gasteiger partial charge in [0.25, 0.3) is 0 Å². The van der Waals surface area contributed by atoms with Crippen LogP contribution >= 0.6 is 22.9 Å². The first-order valence-corrected chi connectivity index (χ1v) is 6.68. The lowest BCUT2D eigenvalue weighted by molar-refractivity contribution is -0.136. The fraction of sp³-hybridized carbons (Fsp3) is 0.167. The molecule has 0 saturated carbocycles. The second kappa shape index (κ2) is 5.99. The van der Waals surface area contributed by atoms with Gasteiger partial charge in [-0.2, -0.15) is 0 Å². The molecule has 0 unspecified atom stereocenters. The lowest BCUT2D eigenvalue weighted by Gasteiger charge is -2.04. The van der Waals surface area contributed by atoms with Gasteiger partial charge in [-0.3, -0.25) is 4.79 Å². The fourth-order valence-electron chi connectivity index (χ4n) is 1.42. The molecule has 0 radical (unpaired) electrons. The second-order valence-corrected chi connectivity index (χ2v) is 5.05. The number of carboxylic acids is 1. The summed E-state index contributed by atoms with van der Waals surface area (Å²) in [5, 5.41) is 14.2. The zero-order chi connectivity index (χ0) is 13.8. The summed E-state index contributed by atoms with van der Waals surface area (Å²) in [6.45, 7) is 0. The van der Waals surface area contributed by atoms with Crippen molar-refractivity contribution in [2.45, 2.75) is 12.8 Å². The molecule has 100 valence electrons. The molecule has 0 aliphatic heterocycles. The average Bonchev–Trinajstić information content (AvgIpc) is 2.78. The molecule has 1 heterocycles. The van der Waals surface area contributed by atoms with E-state index in [1.165, 1.54) is 29.5 Å². The van der Waals surface area contributed by atoms with E-state index < -0.39 is 11.8 Å². The van der Waals surface area contributed by atoms with Crippen LogP contribution in [0.2, 0.25) is 5.02 Å². The molecule has 0 atom stereocenters. The zero-order valence-corrected chi connectivity index (χ0v) is 11.3. The number of rotatable bonds is 5. The van der Waals surface area contributed by atoms with Crippen LogP contribution in [0.4, 0.5) is 15.2 Å². The van der Waals surface area contributed by atoms with Gasteiger partial charge >= 0.3 is 5.97 Å². The second-order valence-electron chi connectivity index (χ2n) is 3.79. The van der Waals surface area contributed by atoms with E-state index in [-0.39, 0.29) is 11.4 Å². The molecule has 7 heteroatoms. The Labute approximate surface area is 117 Å². The molecule has 0 fully saturated rings. The van der Waals surface area contributed by atoms with Crippen molar-refractivity contribution < 1.29 is 14.3 Å². The minimum absolute atomic E-state index is 0.0421. The molecule has 1 aromatic carbocycles. The summed E-state index contributed by atoms with van der Waals surface area (Å²) < 4.78 is 12.9. The highest BCUT2D eigenvalue weighted by Gasteiger charge is 2.07. The number of benzene rings is 1. The molecule has 0 saturated heterocycles. The van der Waals surface area contributed by atoms with E-state index in [9.17, 15) is 9.18 Å². The van der Waals surface area contributed by atoms with Crippen molar-refractivity contribution in [2.75, 3.05) is 5.32 Å². The molecular weight excluding hydrogens is 291 g/mol. The average molecular weight is 301 g/mol. The van der Waals surface area contributed by atoms with Crippen molar-refractivity contribution in [3.8, 4) is 0 Å². The number of carbonyl (C=O) groups is 1. The van der Waals surface area contributed by atoms with E-state index in [2.05, 4.69) is 10.3 Å². The lowest BCUT2D eigenvalue weighted by atomic mass is 10.2. The number of nitrogens with zero attached hydrogens (tertiary/aromatic N) is 1. The van der Waals surface area contributed by atoms with Crippen molar-refractivity contribution >= 4 is 39.7 Å². The highest BCUT2D eigenvalue weighted by Crippen LogP contribution is 2.27. The van der Waals surface area contributed by atoms with Gasteiger partial charge in [0.15, 0.2) is 5.13 Å². The van der Waals surface area contributed by atoms with Crippen molar-refractivity contribution in [1.29, 1.82) is 0 Å². The molecule has 0 bridgehead atoms. The molecule has 1 aromatic heterocycles. The molecule has 2 rings (SSSR count). The molecule has 0 aliphatic rings. The van der Waals surface area contributed by atoms with Gasteiger partial charge < -0.3 is 10.4 Å². The number of thiazole rings is 1. The highest BCUT2D eigenvalue weighted by atomic mass is 35.5. The van der Waals surface area contributed by atoms with E-state index in [1.54, 1.807) is 5.38 Å². The molecule has 2 N–H and O–H groups in total. The first kappa shape index (κ1) is 13.8. The van der Waals surface area contributed by atoms with Crippen LogP contribution in [0.25, 0.3) is 0 Å². The zero-order valence-electron chi connectivity index (χ0n) is 9.69. The number of anilines is 2. The number of aryl methyl sites for hydroxylation is 1. The third kappa shape index (κ3) is 3.90. The summed E-state index contributed by atoms with van der Waals surface area (Å²) in [7, 11) is 0. The van der Waals surface area contributed by atoms with Gasteiger partial charge in [0.1, 0.15) is 5.82 Å². The summed E-state index contributed by atoms with van der Waals surface area (Å²) in [6.07, 6.45) is 0.422. The molecule has 4 nitrogen and oxygen atoms in total. The Kier molecular flexibility index (Phi) is 4.34. The van der Waals surface area contributed by atoms with Gasteiger partial charge in [-0.15, -0.1) is 11.3 Å². The van der Waals surface area contributed by atoms with Crippen LogP contribution in [0.5, 0.6) is 0 Å². The fourth-order valence-corrected chi connectivity index (χ4v) is 2.39. The Bertz CT molecular complexity index is 603. The molecular formula is C12H10ClFN2O2S. The Balaban J connectivity index is 2.05. The predicted molar refractivity (Wildman–Crippen MR) is 72.8 cm³/mol. The Morgan fingerprint density at radius 2 is 2.32 bits per heavy atom. The van der Waals surface area contributed by atoms with E-state index in [0.29, 0.717) is 22.9 Å². The third-order valence-corrected chi connectivity index (χ3v) is 3.44. The largest absolute Gasteiger partial charge is 0.481 e. The van der Waals surface area contributed by atoms with Crippen molar-refractivity contribution in [2.24, 2.45) is 0 Å². The van der Waals surface area contributed by atoms with Crippen molar-refractivity contribution in [3.05, 3.63) is 40.1 Å². The van der Waals surface area contributed by atoms with Crippen LogP contribution in [-0.2, 0) is 11.2 Å². The van der Waals surface area contributed by atoms with Crippen molar-refractivity contribution in [1.82, 2.24) is 4.98 Å². The monoisotopic (exact) mass is 300 g/mol. The summed E-state index contributed by atoms with van der Waals surface area (Å²) >= 11 is 7.23. The maximum absolute atomic E-state index is 12.9. The molecule has 2 aromatic rings. The molecule has 19 heavy (non-hydrogen) atoms. The van der Waals surface area contributed by atoms with E-state index >= 15 is 0 Å². The van der Waals surface area contributed by atoms with Crippen LogP contribution in [-0.4, -0.2) is 16.1 Å². The molecule has 0 aliphatic carbocycles. The van der Waals surface area contributed by atoms with Gasteiger partial charge in [-0.05, 0) is 18.2 Å². The van der Waals surface area contributed by atoms with Crippen LogP contribution in [0.1, 0.15) is 12.1 Å². The van der Waals surface area contributed by atoms with Crippen LogP contribution < -0.4 is 5.32 Å². The smallest absolute Gasteiger partial charge is 0.303 e. The Hall–Kier alpha value is -1.66. The van der Waals surface area contributed by atoms with Gasteiger partial charge in [-0.1, -0.05) is 11.6 Å². The number of nitrogens with one attached hydrogen (secondary N) is 1. The number of halogens is 2. The summed E-state index contributed by atoms with van der Waals surface area (Å²) in [5.41, 5.74) is 1.26. The molecule has 0 spiro atoms. The Morgan fingerprint density at radius 3 is 3.00 bits per heavy atom. The Morgan fingerprint density at radius 1 is 1.53 bits per heavy atom. The SMILES string of the molecule is O=C(O)CCc1csc(Nc2ccc(F)cc2Cl)n1. The van der Waals surface area contributed by atoms with E-state index in [4.69, 9.17) is 16.7 Å². The minimum atomic E-state index is -0.857. The van der Waals surface area contributed by atoms with Gasteiger partial charge in [0.05, 0.1) is 22.8 Å². The van der Waals surface area contributed by atoms with Gasteiger partial charge in [0, 0.05) is 11.8 Å². The van der Waals surface area contributed by atoms with Crippen molar-refractivity contribution in [3.63, 3.8) is 0 Å². The number of carboxylic acid groups (broad SMARTS) is 1. The normalized spacial score (nSPS) is 10.4. The summed E-state index contributed by atoms with van der Waals surface area (Å²) in [6, 6.07) is 4.03. The lowest BCUT2D eigenvalue weighted by Crippen LogP contribution is -1.98. The maximum atomic E-state index is 12.9. The maximum Gasteiger partial charge on any atom is 0.303 e. The summed E-state index contributed by atoms with van der Waals surface area (Å²) in [5.74, 6) is -1.26. The third-order valence-electron chi connectivity index (χ3n) is 2.32. The first-order chi connectivity index (χ1) is 9.04. The number of hydrogen-bond donors (Lipinski definition) is 2. The van der Waals surface area contributed by atoms with E-state index in [1.807, 2.05) is 0 Å². The van der Waals surface area contributed by atoms with Crippen LogP contribution in [0.15, 0.2) is 23.6 Å². The van der Waals surface area contributed by atoms with Gasteiger partial charge in [0.2, 0.25) is 0 Å². The topological polar surface area (TPSA) is 62.2 Å². The molecule has 0 amide bonds. The minimum Gasteiger partial charge on any atom is -0.481 e. The first-order valence-electron chi connectivity index (χ1n) is 5.43. The standard InChI is InChI=1S/C12H10ClFN2O2S/c13-9-5-7(14)1-3-10(9)16-12-15-8(6-19-12)2-4-11(17)18/h1,3,5-6H,2,4H2,(H,15,16)(H,17,18). The number of hydrogen-bond acceptors (Lipinski definition) is 4. The summed E-state index contributed by atoms with van der Waals surface area (Å²) in [4.78, 5) is 14.7. The van der Waals surface area contributed by atoms with Gasteiger partial charge in [-0.25, -0.2) is 9.37 Å². The number of aliphatic carboxylic acids is 1. The van der Waals surface area contributed by atoms with E-state index in [0.717, 1.165) is 0 Å². The predicted octanol–water partition coefficient (Wildman–Crippen LogP) is 3.70. The van der Waals surface area contributed by atoms with Crippen LogP contribution in [0.3, 0.4) is 0 Å². The quantitative estimate of drug-likeness (QED) is 0.884. The van der Waals surface area contributed by atoms with Crippen LogP contribution in [0, 0.1) is 5.82 Å². The highest BCUT2D eigenvalue weighted by molar-refractivity contribution is 7.13.